The first kappa shape index (κ1) is 61.6. The van der Waals surface area contributed by atoms with E-state index in [1.165, 1.54) is 148 Å². The van der Waals surface area contributed by atoms with E-state index in [0.717, 1.165) is 51.4 Å². The van der Waals surface area contributed by atoms with Gasteiger partial charge in [0, 0.05) is 0 Å². The minimum absolute atomic E-state index is 0.230. The molecule has 0 aromatic rings. The van der Waals surface area contributed by atoms with Crippen molar-refractivity contribution in [3.63, 3.8) is 0 Å². The van der Waals surface area contributed by atoms with Crippen LogP contribution in [-0.4, -0.2) is 107 Å². The van der Waals surface area contributed by atoms with Crippen molar-refractivity contribution in [3.8, 4) is 0 Å². The quantitative estimate of drug-likeness (QED) is 0.0173. The molecule has 1 rings (SSSR count). The number of aliphatic hydroxyl groups excluding tert-OH is 5. The smallest absolute Gasteiger partial charge is 0.394 e. The number of amides is 1. The normalized spacial score (nSPS) is 20.8. The highest BCUT2D eigenvalue weighted by molar-refractivity contribution is 7.80. The topological polar surface area (TPSA) is 212 Å². The zero-order valence-corrected chi connectivity index (χ0v) is 41.7. The molecule has 0 saturated carbocycles. The number of ether oxygens (including phenoxy) is 2. The SMILES string of the molecule is CCCCCCCCC/C=C\CCCCCCC(O)C(=O)NC(COC1OC(CO)C(O)C(OS(=O)(=O)O)C1O)C(O)/C=C/CCCCCCCCCCCCCCCCCCCCC. The van der Waals surface area contributed by atoms with E-state index in [-0.39, 0.29) is 6.42 Å². The lowest BCUT2D eigenvalue weighted by Gasteiger charge is -2.41. The highest BCUT2D eigenvalue weighted by Crippen LogP contribution is 2.26. The predicted molar refractivity (Wildman–Crippen MR) is 261 cm³/mol. The standard InChI is InChI=1S/C51H97NO12S/c1-3-5-7-9-11-13-15-17-19-20-21-22-23-24-26-27-29-31-33-35-37-39-44(54)43(42-62-51-48(57)49(64-65(59,60)61)47(56)46(41-53)63-51)52-50(58)45(55)40-38-36-34-32-30-28-25-18-16-14-12-10-8-6-4-2/h25,28,37,39,43-49,51,53-57H,3-24,26-27,29-36,38,40-42H2,1-2H3,(H,52,58)(H,59,60,61)/b28-25-,39-37+. The van der Waals surface area contributed by atoms with Crippen molar-refractivity contribution in [3.05, 3.63) is 24.3 Å². The largest absolute Gasteiger partial charge is 0.397 e. The lowest BCUT2D eigenvalue weighted by atomic mass is 9.99. The second-order valence-corrected chi connectivity index (χ2v) is 19.7. The molecule has 1 heterocycles. The van der Waals surface area contributed by atoms with Crippen molar-refractivity contribution in [2.45, 2.75) is 281 Å². The number of hydrogen-bond acceptors (Lipinski definition) is 11. The highest BCUT2D eigenvalue weighted by Gasteiger charge is 2.48. The Labute approximate surface area is 395 Å². The van der Waals surface area contributed by atoms with E-state index in [9.17, 15) is 43.3 Å². The summed E-state index contributed by atoms with van der Waals surface area (Å²) in [7, 11) is -5.12. The summed E-state index contributed by atoms with van der Waals surface area (Å²) in [5.41, 5.74) is 0. The first-order chi connectivity index (χ1) is 31.4. The Morgan fingerprint density at radius 1 is 0.615 bits per heavy atom. The van der Waals surface area contributed by atoms with Gasteiger partial charge in [-0.2, -0.15) is 8.42 Å². The van der Waals surface area contributed by atoms with Crippen LogP contribution in [0.15, 0.2) is 24.3 Å². The van der Waals surface area contributed by atoms with Gasteiger partial charge in [0.2, 0.25) is 5.91 Å². The van der Waals surface area contributed by atoms with E-state index >= 15 is 0 Å². The van der Waals surface area contributed by atoms with Crippen LogP contribution < -0.4 is 5.32 Å². The first-order valence-corrected chi connectivity index (χ1v) is 27.7. The fourth-order valence-corrected chi connectivity index (χ4v) is 8.91. The Kier molecular flexibility index (Phi) is 39.3. The number of allylic oxidation sites excluding steroid dienone is 3. The van der Waals surface area contributed by atoms with Crippen molar-refractivity contribution < 1.29 is 57.0 Å². The summed E-state index contributed by atoms with van der Waals surface area (Å²) >= 11 is 0. The van der Waals surface area contributed by atoms with Crippen LogP contribution in [0.5, 0.6) is 0 Å². The summed E-state index contributed by atoms with van der Waals surface area (Å²) in [6.45, 7) is 3.23. The molecule has 7 N–H and O–H groups in total. The van der Waals surface area contributed by atoms with E-state index in [1.54, 1.807) is 6.08 Å². The number of carbonyl (C=O) groups excluding carboxylic acids is 1. The Morgan fingerprint density at radius 3 is 1.43 bits per heavy atom. The monoisotopic (exact) mass is 948 g/mol. The summed E-state index contributed by atoms with van der Waals surface area (Å²) < 4.78 is 47.6. The van der Waals surface area contributed by atoms with Gasteiger partial charge in [-0.1, -0.05) is 212 Å². The summed E-state index contributed by atoms with van der Waals surface area (Å²) in [6, 6.07) is -1.12. The van der Waals surface area contributed by atoms with Crippen LogP contribution in [0.1, 0.15) is 232 Å². The molecule has 0 aromatic carbocycles. The molecule has 0 radical (unpaired) electrons. The molecule has 384 valence electrons. The number of nitrogens with one attached hydrogen (secondary N) is 1. The zero-order chi connectivity index (χ0) is 47.8. The van der Waals surface area contributed by atoms with E-state index in [2.05, 4.69) is 35.5 Å². The lowest BCUT2D eigenvalue weighted by Crippen LogP contribution is -2.61. The van der Waals surface area contributed by atoms with Crippen LogP contribution in [0.4, 0.5) is 0 Å². The molecule has 0 aliphatic carbocycles. The summed E-state index contributed by atoms with van der Waals surface area (Å²) in [5, 5.41) is 55.4. The summed E-state index contributed by atoms with van der Waals surface area (Å²) in [4.78, 5) is 13.1. The first-order valence-electron chi connectivity index (χ1n) is 26.3. The van der Waals surface area contributed by atoms with Gasteiger partial charge in [-0.15, -0.1) is 0 Å². The van der Waals surface area contributed by atoms with Crippen LogP contribution in [0.2, 0.25) is 0 Å². The molecule has 8 unspecified atom stereocenters. The maximum Gasteiger partial charge on any atom is 0.397 e. The molecule has 8 atom stereocenters. The van der Waals surface area contributed by atoms with Crippen LogP contribution in [0.25, 0.3) is 0 Å². The molecule has 1 fully saturated rings. The Bertz CT molecular complexity index is 1270. The Morgan fingerprint density at radius 2 is 1.02 bits per heavy atom. The zero-order valence-electron chi connectivity index (χ0n) is 40.9. The molecule has 0 aromatic heterocycles. The fraction of sp³-hybridized carbons (Fsp3) is 0.902. The van der Waals surface area contributed by atoms with Gasteiger partial charge in [0.25, 0.3) is 0 Å². The van der Waals surface area contributed by atoms with E-state index in [0.29, 0.717) is 12.8 Å². The molecular formula is C51H97NO12S. The van der Waals surface area contributed by atoms with Gasteiger partial charge < -0.3 is 40.3 Å². The van der Waals surface area contributed by atoms with Crippen molar-refractivity contribution in [2.24, 2.45) is 0 Å². The van der Waals surface area contributed by atoms with Crippen molar-refractivity contribution in [1.82, 2.24) is 5.32 Å². The van der Waals surface area contributed by atoms with E-state index < -0.39 is 78.5 Å². The van der Waals surface area contributed by atoms with Gasteiger partial charge in [0.15, 0.2) is 6.29 Å². The number of unbranched alkanes of at least 4 members (excludes halogenated alkanes) is 30. The number of hydrogen-bond donors (Lipinski definition) is 7. The number of rotatable bonds is 45. The third-order valence-corrected chi connectivity index (χ3v) is 13.0. The molecule has 1 saturated heterocycles. The minimum atomic E-state index is -5.12. The van der Waals surface area contributed by atoms with E-state index in [4.69, 9.17) is 9.47 Å². The Hall–Kier alpha value is -1.46. The molecule has 14 heteroatoms. The van der Waals surface area contributed by atoms with Crippen molar-refractivity contribution >= 4 is 16.3 Å². The third kappa shape index (κ3) is 33.6. The number of aliphatic hydroxyl groups is 5. The van der Waals surface area contributed by atoms with Gasteiger partial charge in [0.05, 0.1) is 25.4 Å². The molecule has 1 aliphatic rings. The fourth-order valence-electron chi connectivity index (χ4n) is 8.40. The second kappa shape index (κ2) is 41.5. The van der Waals surface area contributed by atoms with Gasteiger partial charge in [0.1, 0.15) is 30.5 Å². The van der Waals surface area contributed by atoms with Crippen LogP contribution in [0.3, 0.4) is 0 Å². The van der Waals surface area contributed by atoms with Gasteiger partial charge >= 0.3 is 10.4 Å². The predicted octanol–water partition coefficient (Wildman–Crippen LogP) is 10.3. The molecule has 65 heavy (non-hydrogen) atoms. The summed E-state index contributed by atoms with van der Waals surface area (Å²) in [6.07, 6.45) is 36.8. The number of carbonyl (C=O) groups is 1. The van der Waals surface area contributed by atoms with Crippen LogP contribution >= 0.6 is 0 Å². The molecule has 0 bridgehead atoms. The molecule has 0 spiro atoms. The molecular weight excluding hydrogens is 851 g/mol. The maximum absolute atomic E-state index is 13.1. The maximum atomic E-state index is 13.1. The molecule has 1 amide bonds. The van der Waals surface area contributed by atoms with Crippen molar-refractivity contribution in [2.75, 3.05) is 13.2 Å². The minimum Gasteiger partial charge on any atom is -0.394 e. The second-order valence-electron chi connectivity index (χ2n) is 18.6. The van der Waals surface area contributed by atoms with Crippen LogP contribution in [0, 0.1) is 0 Å². The van der Waals surface area contributed by atoms with Crippen molar-refractivity contribution in [1.29, 1.82) is 0 Å². The molecule has 1 aliphatic heterocycles. The van der Waals surface area contributed by atoms with Gasteiger partial charge in [-0.05, 0) is 44.9 Å². The lowest BCUT2D eigenvalue weighted by molar-refractivity contribution is -0.298. The van der Waals surface area contributed by atoms with Gasteiger partial charge in [-0.25, -0.2) is 4.18 Å². The van der Waals surface area contributed by atoms with E-state index in [1.807, 2.05) is 6.08 Å². The molecule has 13 nitrogen and oxygen atoms in total. The average Bonchev–Trinajstić information content (AvgIpc) is 3.28. The average molecular weight is 948 g/mol. The third-order valence-electron chi connectivity index (χ3n) is 12.6. The van der Waals surface area contributed by atoms with Crippen LogP contribution in [-0.2, 0) is 28.9 Å². The summed E-state index contributed by atoms with van der Waals surface area (Å²) in [5.74, 6) is -0.709. The Balaban J connectivity index is 2.51. The highest BCUT2D eigenvalue weighted by atomic mass is 32.3. The van der Waals surface area contributed by atoms with Gasteiger partial charge in [-0.3, -0.25) is 9.35 Å².